The van der Waals surface area contributed by atoms with Crippen molar-refractivity contribution in [2.24, 2.45) is 4.99 Å². The number of fused-ring (bicyclic) bond motifs is 1. The average molecular weight is 327 g/mol. The van der Waals surface area contributed by atoms with Crippen molar-refractivity contribution >= 4 is 28.8 Å². The predicted molar refractivity (Wildman–Crippen MR) is 92.0 cm³/mol. The van der Waals surface area contributed by atoms with Crippen molar-refractivity contribution in [1.29, 1.82) is 5.41 Å². The average Bonchev–Trinajstić information content (AvgIpc) is 3.20. The fraction of sp³-hybridized carbons (Fsp3) is 0.471. The molecule has 3 aliphatic heterocycles. The third kappa shape index (κ3) is 2.40. The number of benzene rings is 1. The molecule has 24 heavy (non-hydrogen) atoms. The molecule has 3 fully saturated rings. The number of carbonyl (C=O) groups excluding carboxylic acids is 1. The molecule has 7 heteroatoms. The Balaban J connectivity index is 1.72. The normalized spacial score (nSPS) is 22.7. The summed E-state index contributed by atoms with van der Waals surface area (Å²) in [5.41, 5.74) is 1.67. The van der Waals surface area contributed by atoms with Crippen LogP contribution in [0.5, 0.6) is 5.75 Å². The third-order valence-corrected chi connectivity index (χ3v) is 4.84. The van der Waals surface area contributed by atoms with Crippen molar-refractivity contribution in [1.82, 2.24) is 10.0 Å². The summed E-state index contributed by atoms with van der Waals surface area (Å²) in [6, 6.07) is 5.00. The van der Waals surface area contributed by atoms with Crippen LogP contribution in [0, 0.1) is 5.41 Å². The maximum atomic E-state index is 12.6. The molecule has 3 heterocycles. The van der Waals surface area contributed by atoms with Gasteiger partial charge in [0.25, 0.3) is 5.91 Å². The molecule has 3 aliphatic rings. The lowest BCUT2D eigenvalue weighted by Gasteiger charge is -2.32. The van der Waals surface area contributed by atoms with Gasteiger partial charge in [0.2, 0.25) is 0 Å². The second-order valence-corrected chi connectivity index (χ2v) is 6.43. The number of anilines is 1. The number of hydrogen-bond acceptors (Lipinski definition) is 5. The van der Waals surface area contributed by atoms with Crippen LogP contribution in [0.4, 0.5) is 11.4 Å². The Morgan fingerprint density at radius 1 is 1.00 bits per heavy atom. The molecule has 0 radical (unpaired) electrons. The van der Waals surface area contributed by atoms with Crippen molar-refractivity contribution in [3.05, 3.63) is 18.2 Å². The Morgan fingerprint density at radius 2 is 1.67 bits per heavy atom. The molecule has 7 nitrogen and oxygen atoms in total. The molecule has 0 unspecified atom stereocenters. The van der Waals surface area contributed by atoms with E-state index in [1.165, 1.54) is 0 Å². The van der Waals surface area contributed by atoms with Gasteiger partial charge in [0.15, 0.2) is 11.5 Å². The van der Waals surface area contributed by atoms with Gasteiger partial charge in [-0.15, -0.1) is 0 Å². The smallest absolute Gasteiger partial charge is 0.294 e. The monoisotopic (exact) mass is 327 g/mol. The van der Waals surface area contributed by atoms with Crippen LogP contribution in [0.1, 0.15) is 25.7 Å². The molecule has 0 atom stereocenters. The van der Waals surface area contributed by atoms with E-state index in [9.17, 15) is 9.90 Å². The number of carbonyl (C=O) groups is 1. The number of nitrogens with zero attached hydrogens (tertiary/aromatic N) is 4. The van der Waals surface area contributed by atoms with E-state index in [1.54, 1.807) is 28.2 Å². The summed E-state index contributed by atoms with van der Waals surface area (Å²) in [6.07, 6.45) is 4.17. The molecule has 1 aromatic carbocycles. The summed E-state index contributed by atoms with van der Waals surface area (Å²) < 4.78 is 0. The van der Waals surface area contributed by atoms with Gasteiger partial charge in [-0.25, -0.2) is 10.0 Å². The highest BCUT2D eigenvalue weighted by molar-refractivity contribution is 6.68. The van der Waals surface area contributed by atoms with Crippen LogP contribution in [0.2, 0.25) is 0 Å². The fourth-order valence-electron chi connectivity index (χ4n) is 3.59. The molecule has 0 spiro atoms. The highest BCUT2D eigenvalue weighted by Crippen LogP contribution is 2.35. The number of aromatic hydroxyl groups is 1. The largest absolute Gasteiger partial charge is 0.508 e. The van der Waals surface area contributed by atoms with Crippen LogP contribution in [0.15, 0.2) is 23.2 Å². The quantitative estimate of drug-likeness (QED) is 0.869. The summed E-state index contributed by atoms with van der Waals surface area (Å²) in [4.78, 5) is 19.3. The van der Waals surface area contributed by atoms with Gasteiger partial charge in [-0.2, -0.15) is 0 Å². The maximum absolute atomic E-state index is 12.6. The van der Waals surface area contributed by atoms with E-state index in [4.69, 9.17) is 5.41 Å². The number of rotatable bonds is 2. The van der Waals surface area contributed by atoms with E-state index in [2.05, 4.69) is 9.89 Å². The van der Waals surface area contributed by atoms with Gasteiger partial charge < -0.3 is 10.0 Å². The number of phenolic OH excluding ortho intramolecular Hbond substituents is 1. The number of amidine groups is 1. The molecule has 0 aromatic heterocycles. The predicted octanol–water partition coefficient (Wildman–Crippen LogP) is 1.90. The van der Waals surface area contributed by atoms with E-state index in [0.717, 1.165) is 44.5 Å². The minimum absolute atomic E-state index is 0.181. The van der Waals surface area contributed by atoms with Gasteiger partial charge in [0, 0.05) is 32.2 Å². The van der Waals surface area contributed by atoms with Crippen molar-refractivity contribution in [3.63, 3.8) is 0 Å². The molecule has 0 bridgehead atoms. The number of hydrogen-bond donors (Lipinski definition) is 2. The van der Waals surface area contributed by atoms with Crippen molar-refractivity contribution in [2.45, 2.75) is 25.7 Å². The SMILES string of the molecule is N=C1C(=Nc2ccc(O)cc2N2CCCC2)C(=O)N2CCCCN12. The standard InChI is InChI=1S/C17H21N5O2/c18-16-15(17(24)22-10-4-3-9-21(16)22)19-13-6-5-12(23)11-14(13)20-7-1-2-8-20/h5-6,11,18,23H,1-4,7-10H2. The molecule has 4 rings (SSSR count). The summed E-state index contributed by atoms with van der Waals surface area (Å²) in [7, 11) is 0. The zero-order valence-corrected chi connectivity index (χ0v) is 13.5. The first kappa shape index (κ1) is 15.0. The minimum atomic E-state index is -0.194. The Kier molecular flexibility index (Phi) is 3.63. The van der Waals surface area contributed by atoms with E-state index < -0.39 is 0 Å². The van der Waals surface area contributed by atoms with Crippen molar-refractivity contribution < 1.29 is 9.90 Å². The first-order valence-electron chi connectivity index (χ1n) is 8.50. The second kappa shape index (κ2) is 5.81. The molecule has 1 aromatic rings. The second-order valence-electron chi connectivity index (χ2n) is 6.43. The van der Waals surface area contributed by atoms with E-state index in [1.807, 2.05) is 0 Å². The van der Waals surface area contributed by atoms with Gasteiger partial charge >= 0.3 is 0 Å². The Hall–Kier alpha value is -2.57. The van der Waals surface area contributed by atoms with E-state index >= 15 is 0 Å². The number of phenols is 1. The molecule has 0 aliphatic carbocycles. The Morgan fingerprint density at radius 3 is 2.38 bits per heavy atom. The highest BCUT2D eigenvalue weighted by Gasteiger charge is 2.41. The van der Waals surface area contributed by atoms with Crippen LogP contribution in [0.3, 0.4) is 0 Å². The van der Waals surface area contributed by atoms with Crippen LogP contribution in [-0.4, -0.2) is 58.8 Å². The lowest BCUT2D eigenvalue weighted by atomic mass is 10.2. The maximum Gasteiger partial charge on any atom is 0.294 e. The Labute approximate surface area is 140 Å². The van der Waals surface area contributed by atoms with Crippen molar-refractivity contribution in [3.8, 4) is 5.75 Å². The topological polar surface area (TPSA) is 83.2 Å². The van der Waals surface area contributed by atoms with Gasteiger partial charge in [-0.3, -0.25) is 15.2 Å². The first-order valence-corrected chi connectivity index (χ1v) is 8.50. The number of aliphatic imine (C=N–C) groups is 1. The molecular formula is C17H21N5O2. The van der Waals surface area contributed by atoms with E-state index in [0.29, 0.717) is 18.8 Å². The fourth-order valence-corrected chi connectivity index (χ4v) is 3.59. The molecule has 0 saturated carbocycles. The van der Waals surface area contributed by atoms with Gasteiger partial charge in [-0.1, -0.05) is 0 Å². The molecule has 2 N–H and O–H groups in total. The molecule has 1 amide bonds. The van der Waals surface area contributed by atoms with Crippen molar-refractivity contribution in [2.75, 3.05) is 31.1 Å². The summed E-state index contributed by atoms with van der Waals surface area (Å²) in [5.74, 6) is 0.176. The third-order valence-electron chi connectivity index (χ3n) is 4.84. The summed E-state index contributed by atoms with van der Waals surface area (Å²) in [6.45, 7) is 3.18. The van der Waals surface area contributed by atoms with Gasteiger partial charge in [0.05, 0.1) is 11.4 Å². The number of nitrogens with one attached hydrogen (secondary N) is 1. The number of amides is 1. The lowest BCUT2D eigenvalue weighted by Crippen LogP contribution is -2.45. The minimum Gasteiger partial charge on any atom is -0.508 e. The van der Waals surface area contributed by atoms with Crippen LogP contribution in [0.25, 0.3) is 0 Å². The highest BCUT2D eigenvalue weighted by atomic mass is 16.3. The summed E-state index contributed by atoms with van der Waals surface area (Å²) in [5, 5.41) is 21.5. The lowest BCUT2D eigenvalue weighted by molar-refractivity contribution is -0.134. The summed E-state index contributed by atoms with van der Waals surface area (Å²) >= 11 is 0. The zero-order valence-electron chi connectivity index (χ0n) is 13.5. The molecular weight excluding hydrogens is 306 g/mol. The first-order chi connectivity index (χ1) is 11.6. The molecule has 3 saturated heterocycles. The van der Waals surface area contributed by atoms with Crippen LogP contribution in [-0.2, 0) is 4.79 Å². The Bertz CT molecular complexity index is 698. The zero-order chi connectivity index (χ0) is 16.7. The number of hydrazine groups is 1. The van der Waals surface area contributed by atoms with Gasteiger partial charge in [-0.05, 0) is 37.8 Å². The molecule has 126 valence electrons. The van der Waals surface area contributed by atoms with E-state index in [-0.39, 0.29) is 23.2 Å². The van der Waals surface area contributed by atoms with Crippen LogP contribution >= 0.6 is 0 Å². The van der Waals surface area contributed by atoms with Gasteiger partial charge in [0.1, 0.15) is 5.75 Å². The van der Waals surface area contributed by atoms with Crippen LogP contribution < -0.4 is 4.90 Å².